The maximum absolute atomic E-state index is 12.9. The summed E-state index contributed by atoms with van der Waals surface area (Å²) in [4.78, 5) is 27.3. The Bertz CT molecular complexity index is 651. The molecule has 2 rings (SSSR count). The molecule has 1 aromatic rings. The molecule has 1 aliphatic rings. The first-order valence-electron chi connectivity index (χ1n) is 8.18. The number of benzene rings is 1. The first-order valence-corrected chi connectivity index (χ1v) is 8.18. The van der Waals surface area contributed by atoms with Gasteiger partial charge in [-0.3, -0.25) is 4.79 Å². The summed E-state index contributed by atoms with van der Waals surface area (Å²) >= 11 is 0. The first kappa shape index (κ1) is 20.0. The molecular weight excluding hydrogens is 353 g/mol. The molecule has 9 heteroatoms. The standard InChI is InChI=1S/C17H21F3N2O4/c1-26-16(25)14(6-10-23)22-9-8-21(7-5-15(22)24)13-4-2-3-12(11-13)17(18,19)20/h2-4,11,14,23H,5-10H2,1H3. The monoisotopic (exact) mass is 374 g/mol. The second kappa shape index (κ2) is 8.39. The number of methoxy groups -OCH3 is 1. The summed E-state index contributed by atoms with van der Waals surface area (Å²) < 4.78 is 43.4. The fraction of sp³-hybridized carbons (Fsp3) is 0.529. The van der Waals surface area contributed by atoms with Crippen molar-refractivity contribution in [2.24, 2.45) is 0 Å². The molecule has 1 unspecified atom stereocenters. The summed E-state index contributed by atoms with van der Waals surface area (Å²) in [6.45, 7) is 0.366. The number of amides is 1. The Kier molecular flexibility index (Phi) is 6.47. The third kappa shape index (κ3) is 4.66. The highest BCUT2D eigenvalue weighted by molar-refractivity contribution is 5.85. The number of carbonyl (C=O) groups is 2. The van der Waals surface area contributed by atoms with Crippen molar-refractivity contribution in [1.29, 1.82) is 0 Å². The Morgan fingerprint density at radius 3 is 2.65 bits per heavy atom. The van der Waals surface area contributed by atoms with E-state index in [4.69, 9.17) is 5.11 Å². The molecule has 1 heterocycles. The van der Waals surface area contributed by atoms with Crippen LogP contribution in [0, 0.1) is 0 Å². The van der Waals surface area contributed by atoms with E-state index in [1.165, 1.54) is 18.1 Å². The number of esters is 1. The number of aliphatic hydroxyl groups is 1. The lowest BCUT2D eigenvalue weighted by molar-refractivity contribution is -0.153. The molecule has 1 fully saturated rings. The van der Waals surface area contributed by atoms with Gasteiger partial charge in [-0.15, -0.1) is 0 Å². The maximum atomic E-state index is 12.9. The predicted octanol–water partition coefficient (Wildman–Crippen LogP) is 1.67. The minimum absolute atomic E-state index is 0.0436. The van der Waals surface area contributed by atoms with Crippen LogP contribution in [0.15, 0.2) is 24.3 Å². The Morgan fingerprint density at radius 1 is 1.31 bits per heavy atom. The SMILES string of the molecule is COC(=O)C(CCO)N1CCN(c2cccc(C(F)(F)F)c2)CCC1=O. The minimum Gasteiger partial charge on any atom is -0.467 e. The highest BCUT2D eigenvalue weighted by atomic mass is 19.4. The molecule has 1 saturated heterocycles. The number of halogens is 3. The van der Waals surface area contributed by atoms with Gasteiger partial charge in [0.15, 0.2) is 0 Å². The third-order valence-electron chi connectivity index (χ3n) is 4.32. The number of hydrogen-bond donors (Lipinski definition) is 1. The molecule has 1 aromatic carbocycles. The fourth-order valence-electron chi connectivity index (χ4n) is 2.97. The molecule has 26 heavy (non-hydrogen) atoms. The lowest BCUT2D eigenvalue weighted by atomic mass is 10.1. The molecule has 0 radical (unpaired) electrons. The molecule has 0 aliphatic carbocycles. The van der Waals surface area contributed by atoms with E-state index in [0.717, 1.165) is 12.1 Å². The van der Waals surface area contributed by atoms with E-state index < -0.39 is 23.8 Å². The predicted molar refractivity (Wildman–Crippen MR) is 87.5 cm³/mol. The van der Waals surface area contributed by atoms with Crippen molar-refractivity contribution in [3.63, 3.8) is 0 Å². The van der Waals surface area contributed by atoms with Crippen molar-refractivity contribution < 1.29 is 32.6 Å². The number of ether oxygens (including phenoxy) is 1. The molecule has 1 amide bonds. The molecule has 6 nitrogen and oxygen atoms in total. The molecule has 0 bridgehead atoms. The van der Waals surface area contributed by atoms with Gasteiger partial charge in [0.1, 0.15) is 6.04 Å². The van der Waals surface area contributed by atoms with E-state index in [1.54, 1.807) is 11.0 Å². The minimum atomic E-state index is -4.44. The van der Waals surface area contributed by atoms with Crippen molar-refractivity contribution in [3.8, 4) is 0 Å². The average molecular weight is 374 g/mol. The number of anilines is 1. The van der Waals surface area contributed by atoms with E-state index in [1.807, 2.05) is 0 Å². The number of hydrogen-bond acceptors (Lipinski definition) is 5. The average Bonchev–Trinajstić information content (AvgIpc) is 2.80. The summed E-state index contributed by atoms with van der Waals surface area (Å²) in [6, 6.07) is 4.02. The van der Waals surface area contributed by atoms with Crippen LogP contribution in [0.25, 0.3) is 0 Å². The zero-order valence-corrected chi connectivity index (χ0v) is 14.3. The van der Waals surface area contributed by atoms with Crippen molar-refractivity contribution in [2.45, 2.75) is 25.1 Å². The van der Waals surface area contributed by atoms with Crippen molar-refractivity contribution in [1.82, 2.24) is 4.90 Å². The summed E-state index contributed by atoms with van der Waals surface area (Å²) in [5.41, 5.74) is -0.388. The lowest BCUT2D eigenvalue weighted by Crippen LogP contribution is -2.47. The summed E-state index contributed by atoms with van der Waals surface area (Å²) in [5, 5.41) is 9.14. The normalized spacial score (nSPS) is 17.0. The Balaban J connectivity index is 2.18. The van der Waals surface area contributed by atoms with Gasteiger partial charge in [-0.2, -0.15) is 13.2 Å². The molecule has 0 aromatic heterocycles. The number of alkyl halides is 3. The van der Waals surface area contributed by atoms with Crippen LogP contribution in [0.4, 0.5) is 18.9 Å². The van der Waals surface area contributed by atoms with E-state index in [2.05, 4.69) is 4.74 Å². The van der Waals surface area contributed by atoms with Crippen LogP contribution in [0.1, 0.15) is 18.4 Å². The van der Waals surface area contributed by atoms with E-state index in [0.29, 0.717) is 5.69 Å². The second-order valence-corrected chi connectivity index (χ2v) is 5.92. The highest BCUT2D eigenvalue weighted by Gasteiger charge is 2.33. The van der Waals surface area contributed by atoms with Crippen LogP contribution >= 0.6 is 0 Å². The summed E-state index contributed by atoms with van der Waals surface area (Å²) in [6.07, 6.45) is -4.35. The molecule has 1 aliphatic heterocycles. The molecular formula is C17H21F3N2O4. The Labute approximate surface area is 149 Å². The van der Waals surface area contributed by atoms with Crippen molar-refractivity contribution in [2.75, 3.05) is 38.3 Å². The van der Waals surface area contributed by atoms with Gasteiger partial charge in [0, 0.05) is 44.8 Å². The van der Waals surface area contributed by atoms with Gasteiger partial charge in [-0.05, 0) is 18.2 Å². The van der Waals surface area contributed by atoms with Crippen molar-refractivity contribution >= 4 is 17.6 Å². The fourth-order valence-corrected chi connectivity index (χ4v) is 2.97. The largest absolute Gasteiger partial charge is 0.467 e. The Hall–Kier alpha value is -2.29. The molecule has 1 N–H and O–H groups in total. The van der Waals surface area contributed by atoms with Crippen molar-refractivity contribution in [3.05, 3.63) is 29.8 Å². The van der Waals surface area contributed by atoms with Gasteiger partial charge >= 0.3 is 12.1 Å². The van der Waals surface area contributed by atoms with Gasteiger partial charge in [-0.1, -0.05) is 6.07 Å². The third-order valence-corrected chi connectivity index (χ3v) is 4.32. The van der Waals surface area contributed by atoms with E-state index in [-0.39, 0.29) is 45.0 Å². The number of aliphatic hydroxyl groups excluding tert-OH is 1. The zero-order chi connectivity index (χ0) is 19.3. The molecule has 0 spiro atoms. The van der Waals surface area contributed by atoms with Crippen LogP contribution in [0.2, 0.25) is 0 Å². The van der Waals surface area contributed by atoms with Gasteiger partial charge < -0.3 is 19.6 Å². The first-order chi connectivity index (χ1) is 12.3. The van der Waals surface area contributed by atoms with E-state index >= 15 is 0 Å². The van der Waals surface area contributed by atoms with Gasteiger partial charge in [0.2, 0.25) is 5.91 Å². The number of rotatable bonds is 5. The summed E-state index contributed by atoms with van der Waals surface area (Å²) in [7, 11) is 1.20. The van der Waals surface area contributed by atoms with Crippen LogP contribution < -0.4 is 4.90 Å². The highest BCUT2D eigenvalue weighted by Crippen LogP contribution is 2.32. The van der Waals surface area contributed by atoms with Crippen LogP contribution in [0.3, 0.4) is 0 Å². The molecule has 0 saturated carbocycles. The van der Waals surface area contributed by atoms with Gasteiger partial charge in [-0.25, -0.2) is 4.79 Å². The summed E-state index contributed by atoms with van der Waals surface area (Å²) in [5.74, 6) is -0.928. The topological polar surface area (TPSA) is 70.1 Å². The smallest absolute Gasteiger partial charge is 0.416 e. The quantitative estimate of drug-likeness (QED) is 0.794. The van der Waals surface area contributed by atoms with Crippen LogP contribution in [0.5, 0.6) is 0 Å². The maximum Gasteiger partial charge on any atom is 0.416 e. The Morgan fingerprint density at radius 2 is 2.04 bits per heavy atom. The zero-order valence-electron chi connectivity index (χ0n) is 14.3. The van der Waals surface area contributed by atoms with Crippen LogP contribution in [-0.2, 0) is 20.5 Å². The van der Waals surface area contributed by atoms with Gasteiger partial charge in [0.05, 0.1) is 12.7 Å². The van der Waals surface area contributed by atoms with Crippen LogP contribution in [-0.4, -0.2) is 61.3 Å². The molecule has 144 valence electrons. The molecule has 1 atom stereocenters. The lowest BCUT2D eigenvalue weighted by Gasteiger charge is -2.29. The van der Waals surface area contributed by atoms with Gasteiger partial charge in [0.25, 0.3) is 0 Å². The number of carbonyl (C=O) groups excluding carboxylic acids is 2. The number of nitrogens with zero attached hydrogens (tertiary/aromatic N) is 2. The second-order valence-electron chi connectivity index (χ2n) is 5.92. The van der Waals surface area contributed by atoms with E-state index in [9.17, 15) is 22.8 Å².